The molecule has 1 nitrogen and oxygen atoms in total. The molecule has 0 unspecified atom stereocenters. The molecule has 108 valence electrons. The highest BCUT2D eigenvalue weighted by Crippen LogP contribution is 2.61. The molecule has 0 bridgehead atoms. The van der Waals surface area contributed by atoms with E-state index in [1.807, 2.05) is 6.08 Å². The Bertz CT molecular complexity index is 510. The molecule has 0 aromatic carbocycles. The Hall–Kier alpha value is -0.850. The van der Waals surface area contributed by atoms with Crippen molar-refractivity contribution in [3.8, 4) is 0 Å². The van der Waals surface area contributed by atoms with Gasteiger partial charge in [0, 0.05) is 6.42 Å². The van der Waals surface area contributed by atoms with Crippen LogP contribution in [0.15, 0.2) is 22.8 Å². The second-order valence-electron chi connectivity index (χ2n) is 7.50. The van der Waals surface area contributed by atoms with Crippen LogP contribution in [-0.2, 0) is 4.79 Å². The lowest BCUT2D eigenvalue weighted by molar-refractivity contribution is -0.114. The largest absolute Gasteiger partial charge is 0.295 e. The number of ketones is 1. The van der Waals surface area contributed by atoms with Crippen molar-refractivity contribution in [3.05, 3.63) is 22.8 Å². The van der Waals surface area contributed by atoms with Gasteiger partial charge >= 0.3 is 0 Å². The first-order chi connectivity index (χ1) is 9.73. The predicted octanol–water partition coefficient (Wildman–Crippen LogP) is 4.97. The van der Waals surface area contributed by atoms with Crippen molar-refractivity contribution in [2.75, 3.05) is 0 Å². The van der Waals surface area contributed by atoms with Gasteiger partial charge in [-0.3, -0.25) is 4.79 Å². The average Bonchev–Trinajstić information content (AvgIpc) is 2.91. The molecule has 2 fully saturated rings. The second kappa shape index (κ2) is 4.58. The topological polar surface area (TPSA) is 17.1 Å². The van der Waals surface area contributed by atoms with Crippen LogP contribution in [0.4, 0.5) is 0 Å². The maximum absolute atomic E-state index is 11.7. The quantitative estimate of drug-likeness (QED) is 0.657. The molecular formula is C19H26O. The average molecular weight is 270 g/mol. The molecule has 20 heavy (non-hydrogen) atoms. The van der Waals surface area contributed by atoms with Crippen LogP contribution in [0.3, 0.4) is 0 Å². The van der Waals surface area contributed by atoms with Crippen LogP contribution >= 0.6 is 0 Å². The Morgan fingerprint density at radius 2 is 2.05 bits per heavy atom. The highest BCUT2D eigenvalue weighted by atomic mass is 16.1. The van der Waals surface area contributed by atoms with Crippen LogP contribution < -0.4 is 0 Å². The minimum absolute atomic E-state index is 0.363. The molecule has 2 saturated carbocycles. The van der Waals surface area contributed by atoms with Crippen LogP contribution in [0.25, 0.3) is 0 Å². The smallest absolute Gasteiger partial charge is 0.156 e. The van der Waals surface area contributed by atoms with Crippen molar-refractivity contribution in [1.29, 1.82) is 0 Å². The minimum atomic E-state index is 0.363. The summed E-state index contributed by atoms with van der Waals surface area (Å²) in [5, 5.41) is 0. The summed E-state index contributed by atoms with van der Waals surface area (Å²) in [6, 6.07) is 0. The molecular weight excluding hydrogens is 244 g/mol. The van der Waals surface area contributed by atoms with Gasteiger partial charge in [-0.1, -0.05) is 25.3 Å². The van der Waals surface area contributed by atoms with E-state index in [9.17, 15) is 4.79 Å². The zero-order valence-corrected chi connectivity index (χ0v) is 12.7. The van der Waals surface area contributed by atoms with Crippen molar-refractivity contribution in [2.24, 2.45) is 17.3 Å². The van der Waals surface area contributed by atoms with Gasteiger partial charge in [-0.2, -0.15) is 0 Å². The first-order valence-electron chi connectivity index (χ1n) is 8.69. The van der Waals surface area contributed by atoms with Gasteiger partial charge < -0.3 is 0 Å². The summed E-state index contributed by atoms with van der Waals surface area (Å²) in [4.78, 5) is 11.7. The van der Waals surface area contributed by atoms with Crippen molar-refractivity contribution >= 4 is 5.78 Å². The van der Waals surface area contributed by atoms with Crippen LogP contribution in [0.5, 0.6) is 0 Å². The molecule has 0 heterocycles. The normalized spacial score (nSPS) is 40.0. The van der Waals surface area contributed by atoms with Gasteiger partial charge in [-0.05, 0) is 79.4 Å². The molecule has 1 heteroatoms. The van der Waals surface area contributed by atoms with Crippen molar-refractivity contribution in [1.82, 2.24) is 0 Å². The molecule has 0 N–H and O–H groups in total. The SMILES string of the molecule is CC[C@@]12CCC[C@H]1[C@@H]1CCC3=CC(=O)CCC3=C1CC2. The summed E-state index contributed by atoms with van der Waals surface area (Å²) >= 11 is 0. The fourth-order valence-electron chi connectivity index (χ4n) is 5.94. The fourth-order valence-corrected chi connectivity index (χ4v) is 5.94. The highest BCUT2D eigenvalue weighted by molar-refractivity contribution is 5.93. The number of hydrogen-bond acceptors (Lipinski definition) is 1. The third kappa shape index (κ3) is 1.71. The first kappa shape index (κ1) is 12.9. The standard InChI is InChI=1S/C19H26O/c1-2-19-10-3-4-18(19)17-7-5-13-12-14(20)6-8-15(13)16(17)9-11-19/h12,17-18H,2-11H2,1H3/t17-,18+,19+/m1/s1. The summed E-state index contributed by atoms with van der Waals surface area (Å²) in [5.74, 6) is 2.19. The van der Waals surface area contributed by atoms with E-state index in [0.29, 0.717) is 11.2 Å². The van der Waals surface area contributed by atoms with Crippen LogP contribution in [0.1, 0.15) is 71.1 Å². The van der Waals surface area contributed by atoms with E-state index in [0.717, 1.165) is 24.7 Å². The molecule has 0 radical (unpaired) electrons. The van der Waals surface area contributed by atoms with Gasteiger partial charge in [0.1, 0.15) is 0 Å². The summed E-state index contributed by atoms with van der Waals surface area (Å²) in [7, 11) is 0. The number of carbonyl (C=O) groups is 1. The van der Waals surface area contributed by atoms with Crippen LogP contribution in [-0.4, -0.2) is 5.78 Å². The van der Waals surface area contributed by atoms with Crippen molar-refractivity contribution in [3.63, 3.8) is 0 Å². The van der Waals surface area contributed by atoms with E-state index in [-0.39, 0.29) is 0 Å². The van der Waals surface area contributed by atoms with Gasteiger partial charge in [-0.15, -0.1) is 0 Å². The zero-order valence-electron chi connectivity index (χ0n) is 12.7. The van der Waals surface area contributed by atoms with E-state index in [1.165, 1.54) is 56.9 Å². The molecule has 0 aromatic heterocycles. The van der Waals surface area contributed by atoms with Gasteiger partial charge in [0.15, 0.2) is 5.78 Å². The van der Waals surface area contributed by atoms with Crippen molar-refractivity contribution in [2.45, 2.75) is 71.1 Å². The van der Waals surface area contributed by atoms with E-state index in [1.54, 1.807) is 11.1 Å². The van der Waals surface area contributed by atoms with Gasteiger partial charge in [0.25, 0.3) is 0 Å². The van der Waals surface area contributed by atoms with E-state index in [4.69, 9.17) is 0 Å². The second-order valence-corrected chi connectivity index (χ2v) is 7.50. The number of fused-ring (bicyclic) bond motifs is 4. The summed E-state index contributed by atoms with van der Waals surface area (Å²) in [6.07, 6.45) is 14.8. The summed E-state index contributed by atoms with van der Waals surface area (Å²) < 4.78 is 0. The lowest BCUT2D eigenvalue weighted by Crippen LogP contribution is -2.38. The molecule has 0 aliphatic heterocycles. The molecule has 0 spiro atoms. The first-order valence-corrected chi connectivity index (χ1v) is 8.69. The maximum atomic E-state index is 11.7. The van der Waals surface area contributed by atoms with Gasteiger partial charge in [0.2, 0.25) is 0 Å². The molecule has 4 aliphatic carbocycles. The van der Waals surface area contributed by atoms with E-state index in [2.05, 4.69) is 6.92 Å². The Morgan fingerprint density at radius 1 is 1.15 bits per heavy atom. The lowest BCUT2D eigenvalue weighted by atomic mass is 9.56. The molecule has 0 saturated heterocycles. The van der Waals surface area contributed by atoms with Gasteiger partial charge in [-0.25, -0.2) is 0 Å². The van der Waals surface area contributed by atoms with Crippen molar-refractivity contribution < 1.29 is 4.79 Å². The lowest BCUT2D eigenvalue weighted by Gasteiger charge is -2.48. The Balaban J connectivity index is 1.74. The molecule has 0 amide bonds. The minimum Gasteiger partial charge on any atom is -0.295 e. The molecule has 4 aliphatic rings. The highest BCUT2D eigenvalue weighted by Gasteiger charge is 2.50. The monoisotopic (exact) mass is 270 g/mol. The third-order valence-electron chi connectivity index (χ3n) is 6.96. The predicted molar refractivity (Wildman–Crippen MR) is 81.4 cm³/mol. The van der Waals surface area contributed by atoms with Crippen LogP contribution in [0.2, 0.25) is 0 Å². The number of hydrogen-bond donors (Lipinski definition) is 0. The van der Waals surface area contributed by atoms with E-state index >= 15 is 0 Å². The Morgan fingerprint density at radius 3 is 2.90 bits per heavy atom. The Labute approximate surface area is 122 Å². The van der Waals surface area contributed by atoms with E-state index < -0.39 is 0 Å². The summed E-state index contributed by atoms with van der Waals surface area (Å²) in [6.45, 7) is 2.42. The van der Waals surface area contributed by atoms with Gasteiger partial charge in [0.05, 0.1) is 0 Å². The zero-order chi connectivity index (χ0) is 13.7. The third-order valence-corrected chi connectivity index (χ3v) is 6.96. The maximum Gasteiger partial charge on any atom is 0.156 e. The molecule has 4 rings (SSSR count). The molecule has 0 aromatic rings. The molecule has 3 atom stereocenters. The number of allylic oxidation sites excluding steroid dienone is 4. The number of rotatable bonds is 1. The fraction of sp³-hybridized carbons (Fsp3) is 0.737. The number of carbonyl (C=O) groups excluding carboxylic acids is 1. The Kier molecular flexibility index (Phi) is 2.94. The summed E-state index contributed by atoms with van der Waals surface area (Å²) in [5.41, 5.74) is 5.50. The van der Waals surface area contributed by atoms with Crippen LogP contribution in [0, 0.1) is 17.3 Å².